The fourth-order valence-corrected chi connectivity index (χ4v) is 1.73. The van der Waals surface area contributed by atoms with E-state index in [-0.39, 0.29) is 18.3 Å². The number of nitrogens with zero attached hydrogens (tertiary/aromatic N) is 1. The predicted octanol–water partition coefficient (Wildman–Crippen LogP) is 2.33. The smallest absolute Gasteiger partial charge is 0.306 e. The molecule has 0 saturated heterocycles. The van der Waals surface area contributed by atoms with E-state index in [2.05, 4.69) is 21.2 Å². The number of carbonyl (C=O) groups excluding carboxylic acids is 1. The molecule has 0 aliphatic heterocycles. The van der Waals surface area contributed by atoms with E-state index in [9.17, 15) is 14.9 Å². The molecule has 0 amide bonds. The van der Waals surface area contributed by atoms with Crippen molar-refractivity contribution >= 4 is 33.3 Å². The summed E-state index contributed by atoms with van der Waals surface area (Å²) in [4.78, 5) is 20.9. The number of nitro groups is 1. The summed E-state index contributed by atoms with van der Waals surface area (Å²) in [5.41, 5.74) is 0.354. The lowest BCUT2D eigenvalue weighted by atomic mass is 10.2. The van der Waals surface area contributed by atoms with Gasteiger partial charge in [0.05, 0.1) is 9.40 Å². The Morgan fingerprint density at radius 3 is 2.88 bits per heavy atom. The molecule has 0 radical (unpaired) electrons. The molecule has 1 aromatic carbocycles. The number of ether oxygens (including phenoxy) is 1. The van der Waals surface area contributed by atoms with Gasteiger partial charge in [0.15, 0.2) is 0 Å². The second-order valence-corrected chi connectivity index (χ2v) is 4.01. The van der Waals surface area contributed by atoms with Crippen LogP contribution in [0.4, 0.5) is 11.4 Å². The normalized spacial score (nSPS) is 9.76. The molecule has 0 aliphatic carbocycles. The van der Waals surface area contributed by atoms with Crippen molar-refractivity contribution in [1.29, 1.82) is 0 Å². The van der Waals surface area contributed by atoms with E-state index in [4.69, 9.17) is 4.74 Å². The van der Waals surface area contributed by atoms with Gasteiger partial charge in [0.2, 0.25) is 0 Å². The molecule has 0 saturated carbocycles. The van der Waals surface area contributed by atoms with Crippen molar-refractivity contribution in [3.8, 4) is 0 Å². The number of para-hydroxylation sites is 1. The Hall–Kier alpha value is -1.63. The topological polar surface area (TPSA) is 81.5 Å². The summed E-state index contributed by atoms with van der Waals surface area (Å²) in [7, 11) is 0. The van der Waals surface area contributed by atoms with Crippen LogP contribution in [-0.2, 0) is 9.53 Å². The van der Waals surface area contributed by atoms with E-state index in [1.165, 1.54) is 6.92 Å². The molecule has 0 heterocycles. The summed E-state index contributed by atoms with van der Waals surface area (Å²) in [6.45, 7) is 1.79. The van der Waals surface area contributed by atoms with Crippen molar-refractivity contribution in [3.05, 3.63) is 32.8 Å². The lowest BCUT2D eigenvalue weighted by molar-refractivity contribution is -0.384. The van der Waals surface area contributed by atoms with Crippen LogP contribution in [0.1, 0.15) is 6.92 Å². The number of benzene rings is 1. The van der Waals surface area contributed by atoms with E-state index < -0.39 is 4.92 Å². The molecule has 92 valence electrons. The lowest BCUT2D eigenvalue weighted by Crippen LogP contribution is -2.12. The summed E-state index contributed by atoms with van der Waals surface area (Å²) in [6.07, 6.45) is 0. The number of halogens is 1. The third-order valence-electron chi connectivity index (χ3n) is 1.89. The molecule has 0 atom stereocenters. The van der Waals surface area contributed by atoms with Gasteiger partial charge < -0.3 is 10.1 Å². The maximum absolute atomic E-state index is 10.8. The van der Waals surface area contributed by atoms with Gasteiger partial charge in [-0.15, -0.1) is 0 Å². The highest BCUT2D eigenvalue weighted by molar-refractivity contribution is 9.10. The molecule has 7 heteroatoms. The van der Waals surface area contributed by atoms with Crippen LogP contribution in [0.3, 0.4) is 0 Å². The van der Waals surface area contributed by atoms with E-state index >= 15 is 0 Å². The molecule has 6 nitrogen and oxygen atoms in total. The van der Waals surface area contributed by atoms with Crippen LogP contribution in [-0.4, -0.2) is 24.0 Å². The van der Waals surface area contributed by atoms with Gasteiger partial charge in [-0.25, -0.2) is 0 Å². The third kappa shape index (κ3) is 4.03. The number of nitro benzene ring substituents is 1. The lowest BCUT2D eigenvalue weighted by Gasteiger charge is -2.07. The van der Waals surface area contributed by atoms with Crippen LogP contribution >= 0.6 is 15.9 Å². The zero-order valence-corrected chi connectivity index (χ0v) is 10.7. The molecule has 1 rings (SSSR count). The standard InChI is InChI=1S/C10H11BrN2O4/c1-7(14)17-6-5-12-9-4-2-3-8(11)10(9)13(15)16/h2-4,12H,5-6H2,1H3. The van der Waals surface area contributed by atoms with Gasteiger partial charge in [-0.2, -0.15) is 0 Å². The highest BCUT2D eigenvalue weighted by Gasteiger charge is 2.17. The molecule has 1 N–H and O–H groups in total. The Balaban J connectivity index is 2.67. The minimum absolute atomic E-state index is 0.0321. The van der Waals surface area contributed by atoms with E-state index in [0.717, 1.165) is 0 Å². The van der Waals surface area contributed by atoms with Crippen molar-refractivity contribution in [2.45, 2.75) is 6.92 Å². The number of hydrogen-bond acceptors (Lipinski definition) is 5. The predicted molar refractivity (Wildman–Crippen MR) is 65.9 cm³/mol. The molecule has 1 aromatic rings. The minimum atomic E-state index is -0.474. The van der Waals surface area contributed by atoms with Crippen LogP contribution < -0.4 is 5.32 Å². The van der Waals surface area contributed by atoms with Crippen LogP contribution in [0.25, 0.3) is 0 Å². The molecule has 0 unspecified atom stereocenters. The number of hydrogen-bond donors (Lipinski definition) is 1. The monoisotopic (exact) mass is 302 g/mol. The van der Waals surface area contributed by atoms with Crippen molar-refractivity contribution in [2.75, 3.05) is 18.5 Å². The zero-order chi connectivity index (χ0) is 12.8. The second-order valence-electron chi connectivity index (χ2n) is 3.16. The van der Waals surface area contributed by atoms with Crippen LogP contribution in [0.15, 0.2) is 22.7 Å². The van der Waals surface area contributed by atoms with Crippen LogP contribution in [0.2, 0.25) is 0 Å². The van der Waals surface area contributed by atoms with Crippen molar-refractivity contribution in [1.82, 2.24) is 0 Å². The first-order valence-electron chi connectivity index (χ1n) is 4.82. The average Bonchev–Trinajstić information content (AvgIpc) is 2.23. The Labute approximate surface area is 106 Å². The first-order chi connectivity index (χ1) is 8.02. The summed E-state index contributed by atoms with van der Waals surface area (Å²) >= 11 is 3.11. The van der Waals surface area contributed by atoms with E-state index in [0.29, 0.717) is 16.7 Å². The fourth-order valence-electron chi connectivity index (χ4n) is 1.22. The van der Waals surface area contributed by atoms with E-state index in [1.807, 2.05) is 0 Å². The summed E-state index contributed by atoms with van der Waals surface area (Å²) < 4.78 is 5.11. The van der Waals surface area contributed by atoms with Gasteiger partial charge in [-0.05, 0) is 28.1 Å². The highest BCUT2D eigenvalue weighted by atomic mass is 79.9. The Morgan fingerprint density at radius 1 is 1.59 bits per heavy atom. The first kappa shape index (κ1) is 13.4. The molecule has 0 spiro atoms. The molecular weight excluding hydrogens is 292 g/mol. The summed E-state index contributed by atoms with van der Waals surface area (Å²) in [6, 6.07) is 4.87. The zero-order valence-electron chi connectivity index (χ0n) is 9.10. The molecule has 17 heavy (non-hydrogen) atoms. The van der Waals surface area contributed by atoms with Crippen LogP contribution in [0.5, 0.6) is 0 Å². The Morgan fingerprint density at radius 2 is 2.29 bits per heavy atom. The maximum atomic E-state index is 10.8. The molecule has 0 aliphatic rings. The Kier molecular flexibility index (Phi) is 4.89. The van der Waals surface area contributed by atoms with Gasteiger partial charge in [0.25, 0.3) is 0 Å². The van der Waals surface area contributed by atoms with Crippen molar-refractivity contribution < 1.29 is 14.5 Å². The number of nitrogens with one attached hydrogen (secondary N) is 1. The quantitative estimate of drug-likeness (QED) is 0.391. The number of esters is 1. The van der Waals surface area contributed by atoms with Gasteiger partial charge in [0.1, 0.15) is 12.3 Å². The van der Waals surface area contributed by atoms with Crippen molar-refractivity contribution in [3.63, 3.8) is 0 Å². The van der Waals surface area contributed by atoms with E-state index in [1.54, 1.807) is 18.2 Å². The molecule has 0 bridgehead atoms. The number of carbonyl (C=O) groups is 1. The minimum Gasteiger partial charge on any atom is -0.464 e. The molecule has 0 aromatic heterocycles. The van der Waals surface area contributed by atoms with Gasteiger partial charge >= 0.3 is 11.7 Å². The Bertz CT molecular complexity index is 436. The largest absolute Gasteiger partial charge is 0.464 e. The van der Waals surface area contributed by atoms with Crippen LogP contribution in [0, 0.1) is 10.1 Å². The SMILES string of the molecule is CC(=O)OCCNc1cccc(Br)c1[N+](=O)[O-]. The van der Waals surface area contributed by atoms with Gasteiger partial charge in [-0.3, -0.25) is 14.9 Å². The maximum Gasteiger partial charge on any atom is 0.306 e. The highest BCUT2D eigenvalue weighted by Crippen LogP contribution is 2.32. The number of anilines is 1. The average molecular weight is 303 g/mol. The fraction of sp³-hybridized carbons (Fsp3) is 0.300. The first-order valence-corrected chi connectivity index (χ1v) is 5.62. The molecular formula is C10H11BrN2O4. The van der Waals surface area contributed by atoms with Gasteiger partial charge in [0, 0.05) is 13.5 Å². The summed E-state index contributed by atoms with van der Waals surface area (Å²) in [5.74, 6) is -0.379. The number of rotatable bonds is 5. The second kappa shape index (κ2) is 6.19. The molecule has 0 fully saturated rings. The van der Waals surface area contributed by atoms with Crippen molar-refractivity contribution in [2.24, 2.45) is 0 Å². The third-order valence-corrected chi connectivity index (χ3v) is 2.53. The van der Waals surface area contributed by atoms with Gasteiger partial charge in [-0.1, -0.05) is 6.07 Å². The summed E-state index contributed by atoms with van der Waals surface area (Å²) in [5, 5.41) is 13.7.